The van der Waals surface area contributed by atoms with Crippen LogP contribution in [0.5, 0.6) is 0 Å². The van der Waals surface area contributed by atoms with Gasteiger partial charge < -0.3 is 15.3 Å². The van der Waals surface area contributed by atoms with Gasteiger partial charge in [-0.25, -0.2) is 17.2 Å². The zero-order valence-electron chi connectivity index (χ0n) is 11.6. The predicted octanol–water partition coefficient (Wildman–Crippen LogP) is 0.803. The average molecular weight is 358 g/mol. The molecule has 0 fully saturated rings. The van der Waals surface area contributed by atoms with Gasteiger partial charge in [-0.1, -0.05) is 6.07 Å². The van der Waals surface area contributed by atoms with E-state index in [2.05, 4.69) is 0 Å². The summed E-state index contributed by atoms with van der Waals surface area (Å²) in [6.07, 6.45) is -5.14. The molecule has 5 nitrogen and oxygen atoms in total. The molecule has 0 bridgehead atoms. The first-order valence-electron chi connectivity index (χ1n) is 6.54. The molecule has 1 aliphatic carbocycles. The van der Waals surface area contributed by atoms with E-state index in [1.807, 2.05) is 0 Å². The van der Waals surface area contributed by atoms with Gasteiger partial charge in [0.25, 0.3) is 5.92 Å². The molecule has 0 aromatic heterocycles. The largest absolute Gasteiger partial charge is 0.394 e. The highest BCUT2D eigenvalue weighted by Gasteiger charge is 2.50. The summed E-state index contributed by atoms with van der Waals surface area (Å²) in [5, 5.41) is 27.9. The molecule has 2 atom stereocenters. The summed E-state index contributed by atoms with van der Waals surface area (Å²) >= 11 is 0. The summed E-state index contributed by atoms with van der Waals surface area (Å²) < 4.78 is 76.2. The Bertz CT molecular complexity index is 705. The average Bonchev–Trinajstić information content (AvgIpc) is 2.70. The minimum atomic E-state index is -5.17. The van der Waals surface area contributed by atoms with Crippen LogP contribution in [0, 0.1) is 0 Å². The van der Waals surface area contributed by atoms with Crippen molar-refractivity contribution in [1.82, 2.24) is 0 Å². The maximum atomic E-state index is 13.8. The second kappa shape index (κ2) is 6.00. The van der Waals surface area contributed by atoms with E-state index in [0.29, 0.717) is 6.07 Å². The lowest BCUT2D eigenvalue weighted by atomic mass is 9.98. The molecule has 0 saturated carbocycles. The molecule has 2 unspecified atom stereocenters. The molecule has 0 saturated heterocycles. The number of sulfone groups is 1. The molecule has 1 aromatic carbocycles. The summed E-state index contributed by atoms with van der Waals surface area (Å²) in [7, 11) is -5.17. The fourth-order valence-electron chi connectivity index (χ4n) is 2.59. The molecule has 23 heavy (non-hydrogen) atoms. The molecule has 0 amide bonds. The maximum absolute atomic E-state index is 13.8. The van der Waals surface area contributed by atoms with Crippen LogP contribution in [0.4, 0.5) is 17.6 Å². The van der Waals surface area contributed by atoms with Crippen LogP contribution in [-0.2, 0) is 22.7 Å². The number of aliphatic hydroxyl groups is 3. The third-order valence-electron chi connectivity index (χ3n) is 3.71. The van der Waals surface area contributed by atoms with Crippen molar-refractivity contribution in [3.8, 4) is 0 Å². The lowest BCUT2D eigenvalue weighted by Gasteiger charge is -2.17. The fourth-order valence-corrected chi connectivity index (χ4v) is 3.59. The standard InChI is InChI=1S/C13H14F4O5S/c14-12(15)23(21,22)9-2-1-6(3-7(19)5-18)8-4-13(16,17)11(20)10(8)9/h1-2,7,11-12,18-20H,3-5H2. The van der Waals surface area contributed by atoms with E-state index < -0.39 is 57.2 Å². The number of benzene rings is 1. The molecule has 1 aromatic rings. The van der Waals surface area contributed by atoms with E-state index in [-0.39, 0.29) is 17.5 Å². The van der Waals surface area contributed by atoms with Crippen molar-refractivity contribution < 1.29 is 41.3 Å². The maximum Gasteiger partial charge on any atom is 0.341 e. The van der Waals surface area contributed by atoms with Gasteiger partial charge in [0, 0.05) is 18.4 Å². The molecule has 10 heteroatoms. The van der Waals surface area contributed by atoms with Gasteiger partial charge in [0.1, 0.15) is 6.10 Å². The Hall–Kier alpha value is -1.23. The number of fused-ring (bicyclic) bond motifs is 1. The van der Waals surface area contributed by atoms with Crippen LogP contribution in [0.3, 0.4) is 0 Å². The third kappa shape index (κ3) is 3.08. The fraction of sp³-hybridized carbons (Fsp3) is 0.538. The molecular formula is C13H14F4O5S. The molecule has 0 spiro atoms. The van der Waals surface area contributed by atoms with Crippen LogP contribution < -0.4 is 0 Å². The number of rotatable bonds is 5. The van der Waals surface area contributed by atoms with Gasteiger partial charge >= 0.3 is 5.76 Å². The van der Waals surface area contributed by atoms with E-state index in [1.54, 1.807) is 0 Å². The lowest BCUT2D eigenvalue weighted by Crippen LogP contribution is -2.23. The Morgan fingerprint density at radius 2 is 1.91 bits per heavy atom. The van der Waals surface area contributed by atoms with Gasteiger partial charge in [0.05, 0.1) is 17.6 Å². The monoisotopic (exact) mass is 358 g/mol. The molecule has 2 rings (SSSR count). The van der Waals surface area contributed by atoms with Crippen molar-refractivity contribution in [3.05, 3.63) is 28.8 Å². The zero-order chi connectivity index (χ0) is 17.6. The minimum absolute atomic E-state index is 0.0611. The smallest absolute Gasteiger partial charge is 0.341 e. The molecule has 0 radical (unpaired) electrons. The molecule has 1 aliphatic rings. The van der Waals surface area contributed by atoms with Gasteiger partial charge in [-0.2, -0.15) is 8.78 Å². The van der Waals surface area contributed by atoms with E-state index >= 15 is 0 Å². The molecule has 0 heterocycles. The summed E-state index contributed by atoms with van der Waals surface area (Å²) in [4.78, 5) is -1.05. The normalized spacial score (nSPS) is 21.5. The first-order valence-corrected chi connectivity index (χ1v) is 8.08. The van der Waals surface area contributed by atoms with Crippen molar-refractivity contribution in [2.75, 3.05) is 6.61 Å². The minimum Gasteiger partial charge on any atom is -0.394 e. The lowest BCUT2D eigenvalue weighted by molar-refractivity contribution is -0.0976. The molecule has 130 valence electrons. The van der Waals surface area contributed by atoms with Crippen molar-refractivity contribution in [1.29, 1.82) is 0 Å². The van der Waals surface area contributed by atoms with Gasteiger partial charge in [-0.3, -0.25) is 0 Å². The van der Waals surface area contributed by atoms with Crippen LogP contribution in [-0.4, -0.2) is 48.1 Å². The first kappa shape index (κ1) is 18.1. The number of aliphatic hydroxyl groups excluding tert-OH is 3. The van der Waals surface area contributed by atoms with Crippen molar-refractivity contribution in [2.24, 2.45) is 0 Å². The van der Waals surface area contributed by atoms with Crippen LogP contribution >= 0.6 is 0 Å². The van der Waals surface area contributed by atoms with Gasteiger partial charge in [-0.05, 0) is 17.2 Å². The number of alkyl halides is 4. The Kier molecular flexibility index (Phi) is 4.73. The molecule has 0 aliphatic heterocycles. The second-order valence-corrected chi connectivity index (χ2v) is 7.19. The Morgan fingerprint density at radius 3 is 2.43 bits per heavy atom. The van der Waals surface area contributed by atoms with E-state index in [1.165, 1.54) is 0 Å². The van der Waals surface area contributed by atoms with E-state index in [0.717, 1.165) is 6.07 Å². The summed E-state index contributed by atoms with van der Waals surface area (Å²) in [5.74, 6) is -7.53. The highest BCUT2D eigenvalue weighted by molar-refractivity contribution is 7.91. The van der Waals surface area contributed by atoms with Crippen molar-refractivity contribution >= 4 is 9.84 Å². The van der Waals surface area contributed by atoms with E-state index in [4.69, 9.17) is 5.11 Å². The first-order chi connectivity index (χ1) is 10.5. The van der Waals surface area contributed by atoms with Crippen LogP contribution in [0.1, 0.15) is 22.8 Å². The number of hydrogen-bond acceptors (Lipinski definition) is 5. The molecular weight excluding hydrogens is 344 g/mol. The number of halogens is 4. The third-order valence-corrected chi connectivity index (χ3v) is 5.15. The SMILES string of the molecule is O=S(=O)(c1ccc(CC(O)CO)c2c1C(O)C(F)(F)C2)C(F)F. The topological polar surface area (TPSA) is 94.8 Å². The zero-order valence-corrected chi connectivity index (χ0v) is 12.4. The van der Waals surface area contributed by atoms with Gasteiger partial charge in [-0.15, -0.1) is 0 Å². The summed E-state index contributed by atoms with van der Waals surface area (Å²) in [5.41, 5.74) is -0.999. The van der Waals surface area contributed by atoms with Crippen molar-refractivity contribution in [2.45, 2.75) is 41.6 Å². The Morgan fingerprint density at radius 1 is 1.30 bits per heavy atom. The highest BCUT2D eigenvalue weighted by atomic mass is 32.2. The van der Waals surface area contributed by atoms with Gasteiger partial charge in [0.15, 0.2) is 0 Å². The predicted molar refractivity (Wildman–Crippen MR) is 70.0 cm³/mol. The van der Waals surface area contributed by atoms with E-state index in [9.17, 15) is 36.2 Å². The van der Waals surface area contributed by atoms with Crippen LogP contribution in [0.2, 0.25) is 0 Å². The second-order valence-electron chi connectivity index (χ2n) is 5.30. The quantitative estimate of drug-likeness (QED) is 0.677. The Labute approximate surface area is 129 Å². The van der Waals surface area contributed by atoms with Crippen LogP contribution in [0.25, 0.3) is 0 Å². The van der Waals surface area contributed by atoms with Gasteiger partial charge in [0.2, 0.25) is 9.84 Å². The summed E-state index contributed by atoms with van der Waals surface area (Å²) in [6, 6.07) is 1.74. The number of hydrogen-bond donors (Lipinski definition) is 3. The Balaban J connectivity index is 2.66. The summed E-state index contributed by atoms with van der Waals surface area (Å²) in [6.45, 7) is -0.662. The van der Waals surface area contributed by atoms with Crippen LogP contribution in [0.15, 0.2) is 17.0 Å². The highest BCUT2D eigenvalue weighted by Crippen LogP contribution is 2.47. The van der Waals surface area contributed by atoms with Crippen molar-refractivity contribution in [3.63, 3.8) is 0 Å². The molecule has 3 N–H and O–H groups in total.